The summed E-state index contributed by atoms with van der Waals surface area (Å²) in [6, 6.07) is 7.41. The minimum absolute atomic E-state index is 0.383. The fraction of sp³-hybridized carbons (Fsp3) is 0.650. The molecule has 1 aromatic carbocycles. The van der Waals surface area contributed by atoms with Gasteiger partial charge in [-0.15, -0.1) is 0 Å². The van der Waals surface area contributed by atoms with E-state index in [2.05, 4.69) is 0 Å². The van der Waals surface area contributed by atoms with Gasteiger partial charge in [0.2, 0.25) is 0 Å². The van der Waals surface area contributed by atoms with Crippen LogP contribution in [0.5, 0.6) is 5.75 Å². The summed E-state index contributed by atoms with van der Waals surface area (Å²) in [4.78, 5) is 12.3. The van der Waals surface area contributed by atoms with Gasteiger partial charge in [-0.2, -0.15) is 0 Å². The van der Waals surface area contributed by atoms with Gasteiger partial charge < -0.3 is 18.8 Å². The summed E-state index contributed by atoms with van der Waals surface area (Å²) in [7, 11) is -0.423. The highest BCUT2D eigenvalue weighted by atomic mass is 16.7. The molecule has 0 radical (unpaired) electrons. The Balaban J connectivity index is 2.07. The molecule has 6 heteroatoms. The average molecular weight is 362 g/mol. The lowest BCUT2D eigenvalue weighted by atomic mass is 9.79. The maximum Gasteiger partial charge on any atom is 0.494 e. The van der Waals surface area contributed by atoms with Crippen LogP contribution in [0.4, 0.5) is 0 Å². The van der Waals surface area contributed by atoms with Crippen molar-refractivity contribution in [2.24, 2.45) is 0 Å². The number of hydrogen-bond acceptors (Lipinski definition) is 5. The van der Waals surface area contributed by atoms with Crippen molar-refractivity contribution in [3.05, 3.63) is 24.3 Å². The number of carbonyl (C=O) groups is 1. The van der Waals surface area contributed by atoms with E-state index in [1.54, 1.807) is 13.8 Å². The summed E-state index contributed by atoms with van der Waals surface area (Å²) < 4.78 is 23.4. The number of esters is 1. The molecule has 0 aromatic heterocycles. The van der Waals surface area contributed by atoms with Crippen LogP contribution in [-0.2, 0) is 18.8 Å². The molecule has 1 heterocycles. The van der Waals surface area contributed by atoms with E-state index in [-0.39, 0.29) is 11.2 Å². The van der Waals surface area contributed by atoms with E-state index in [9.17, 15) is 4.79 Å². The lowest BCUT2D eigenvalue weighted by molar-refractivity contribution is -0.170. The predicted octanol–water partition coefficient (Wildman–Crippen LogP) is 3.48. The van der Waals surface area contributed by atoms with Crippen molar-refractivity contribution < 1.29 is 23.6 Å². The molecule has 0 atom stereocenters. The highest BCUT2D eigenvalue weighted by Gasteiger charge is 2.51. The molecule has 0 spiro atoms. The quantitative estimate of drug-likeness (QED) is 0.606. The Bertz CT molecular complexity index is 640. The highest BCUT2D eigenvalue weighted by molar-refractivity contribution is 6.62. The van der Waals surface area contributed by atoms with E-state index in [1.807, 2.05) is 72.7 Å². The Labute approximate surface area is 157 Å². The Hall–Kier alpha value is -1.53. The molecule has 1 aromatic rings. The van der Waals surface area contributed by atoms with Crippen LogP contribution in [0.3, 0.4) is 0 Å². The summed E-state index contributed by atoms with van der Waals surface area (Å²) in [6.45, 7) is 17.0. The zero-order valence-electron chi connectivity index (χ0n) is 17.4. The number of hydrogen-bond donors (Lipinski definition) is 0. The number of carbonyl (C=O) groups excluding carboxylic acids is 1. The maximum absolute atomic E-state index is 12.3. The normalized spacial score (nSPS) is 19.3. The van der Waals surface area contributed by atoms with Crippen LogP contribution in [0, 0.1) is 0 Å². The van der Waals surface area contributed by atoms with Crippen LogP contribution in [0.15, 0.2) is 24.3 Å². The molecular formula is C20H31BO5. The summed E-state index contributed by atoms with van der Waals surface area (Å²) in [6.07, 6.45) is 0. The average Bonchev–Trinajstić information content (AvgIpc) is 2.66. The van der Waals surface area contributed by atoms with Gasteiger partial charge in [-0.3, -0.25) is 0 Å². The minimum Gasteiger partial charge on any atom is -0.476 e. The molecule has 0 amide bonds. The highest BCUT2D eigenvalue weighted by Crippen LogP contribution is 2.36. The fourth-order valence-corrected chi connectivity index (χ4v) is 2.41. The second-order valence-corrected chi connectivity index (χ2v) is 9.27. The molecule has 1 fully saturated rings. The van der Waals surface area contributed by atoms with Gasteiger partial charge >= 0.3 is 13.1 Å². The van der Waals surface area contributed by atoms with Crippen LogP contribution in [0.25, 0.3) is 0 Å². The van der Waals surface area contributed by atoms with E-state index >= 15 is 0 Å². The van der Waals surface area contributed by atoms with E-state index in [1.165, 1.54) is 0 Å². The van der Waals surface area contributed by atoms with Gasteiger partial charge in [0.25, 0.3) is 0 Å². The van der Waals surface area contributed by atoms with E-state index in [0.29, 0.717) is 5.75 Å². The molecule has 5 nitrogen and oxygen atoms in total. The van der Waals surface area contributed by atoms with E-state index in [4.69, 9.17) is 18.8 Å². The van der Waals surface area contributed by atoms with Crippen molar-refractivity contribution in [2.45, 2.75) is 84.7 Å². The first-order chi connectivity index (χ1) is 11.6. The lowest BCUT2D eigenvalue weighted by Gasteiger charge is -2.32. The third kappa shape index (κ3) is 4.60. The molecule has 1 saturated heterocycles. The van der Waals surface area contributed by atoms with Crippen LogP contribution < -0.4 is 10.2 Å². The second-order valence-electron chi connectivity index (χ2n) is 9.27. The van der Waals surface area contributed by atoms with Crippen molar-refractivity contribution in [3.63, 3.8) is 0 Å². The molecule has 144 valence electrons. The fourth-order valence-electron chi connectivity index (χ4n) is 2.41. The Morgan fingerprint density at radius 3 is 1.81 bits per heavy atom. The van der Waals surface area contributed by atoms with Crippen molar-refractivity contribution in [3.8, 4) is 5.75 Å². The minimum atomic E-state index is -1.08. The summed E-state index contributed by atoms with van der Waals surface area (Å²) in [5, 5.41) is 0. The van der Waals surface area contributed by atoms with E-state index < -0.39 is 24.3 Å². The third-order valence-corrected chi connectivity index (χ3v) is 4.67. The number of ether oxygens (including phenoxy) is 2. The standard InChI is InChI=1S/C20H31BO5/c1-17(2,3)24-16(22)18(4,5)23-15-12-10-14(11-13-15)21-25-19(6,7)20(8,9)26-21/h10-13H,1-9H3. The molecule has 0 unspecified atom stereocenters. The smallest absolute Gasteiger partial charge is 0.476 e. The molecule has 0 bridgehead atoms. The van der Waals surface area contributed by atoms with Crippen LogP contribution in [-0.4, -0.2) is 35.5 Å². The van der Waals surface area contributed by atoms with Gasteiger partial charge in [0.05, 0.1) is 11.2 Å². The maximum atomic E-state index is 12.3. The summed E-state index contributed by atoms with van der Waals surface area (Å²) in [5.41, 5.74) is -1.50. The van der Waals surface area contributed by atoms with Gasteiger partial charge in [-0.05, 0) is 79.9 Å². The summed E-state index contributed by atoms with van der Waals surface area (Å²) in [5.74, 6) is 0.182. The molecule has 2 rings (SSSR count). The van der Waals surface area contributed by atoms with Gasteiger partial charge in [0.1, 0.15) is 11.4 Å². The topological polar surface area (TPSA) is 54.0 Å². The molecule has 1 aliphatic heterocycles. The zero-order chi connectivity index (χ0) is 20.0. The van der Waals surface area contributed by atoms with Crippen molar-refractivity contribution in [2.75, 3.05) is 0 Å². The molecule has 26 heavy (non-hydrogen) atoms. The van der Waals surface area contributed by atoms with Crippen molar-refractivity contribution >= 4 is 18.6 Å². The number of benzene rings is 1. The van der Waals surface area contributed by atoms with E-state index in [0.717, 1.165) is 5.46 Å². The van der Waals surface area contributed by atoms with Crippen molar-refractivity contribution in [1.29, 1.82) is 0 Å². The first-order valence-electron chi connectivity index (χ1n) is 9.01. The Morgan fingerprint density at radius 1 is 0.923 bits per heavy atom. The Morgan fingerprint density at radius 2 is 1.38 bits per heavy atom. The van der Waals surface area contributed by atoms with Crippen LogP contribution >= 0.6 is 0 Å². The van der Waals surface area contributed by atoms with Crippen molar-refractivity contribution in [1.82, 2.24) is 0 Å². The lowest BCUT2D eigenvalue weighted by Crippen LogP contribution is -2.43. The monoisotopic (exact) mass is 362 g/mol. The molecular weight excluding hydrogens is 331 g/mol. The molecule has 0 aliphatic carbocycles. The van der Waals surface area contributed by atoms with Gasteiger partial charge in [-0.25, -0.2) is 4.79 Å². The number of rotatable bonds is 4. The van der Waals surface area contributed by atoms with Gasteiger partial charge in [0, 0.05) is 0 Å². The zero-order valence-corrected chi connectivity index (χ0v) is 17.4. The largest absolute Gasteiger partial charge is 0.494 e. The molecule has 0 N–H and O–H groups in total. The van der Waals surface area contributed by atoms with Gasteiger partial charge in [-0.1, -0.05) is 12.1 Å². The first-order valence-corrected chi connectivity index (χ1v) is 9.01. The summed E-state index contributed by atoms with van der Waals surface area (Å²) >= 11 is 0. The van der Waals surface area contributed by atoms with Crippen LogP contribution in [0.2, 0.25) is 0 Å². The van der Waals surface area contributed by atoms with Crippen LogP contribution in [0.1, 0.15) is 62.3 Å². The molecule has 1 aliphatic rings. The van der Waals surface area contributed by atoms with Gasteiger partial charge in [0.15, 0.2) is 5.60 Å². The molecule has 0 saturated carbocycles. The Kier molecular flexibility index (Phi) is 5.25. The predicted molar refractivity (Wildman–Crippen MR) is 103 cm³/mol. The third-order valence-electron chi connectivity index (χ3n) is 4.67. The SMILES string of the molecule is CC(C)(C)OC(=O)C(C)(C)Oc1ccc(B2OC(C)(C)C(C)(C)O2)cc1. The second kappa shape index (κ2) is 6.57. The first kappa shape index (κ1) is 20.8.